The molecule has 0 aromatic rings. The third-order valence-corrected chi connectivity index (χ3v) is 3.44. The zero-order valence-electron chi connectivity index (χ0n) is 10.6. The first-order valence-electron chi connectivity index (χ1n) is 6.61. The molecule has 2 fully saturated rings. The van der Waals surface area contributed by atoms with Crippen molar-refractivity contribution in [1.82, 2.24) is 15.1 Å². The van der Waals surface area contributed by atoms with Crippen LogP contribution in [0.3, 0.4) is 0 Å². The van der Waals surface area contributed by atoms with Gasteiger partial charge in [0.15, 0.2) is 0 Å². The quantitative estimate of drug-likeness (QED) is 0.660. The van der Waals surface area contributed by atoms with Crippen molar-refractivity contribution >= 4 is 11.9 Å². The van der Waals surface area contributed by atoms with E-state index in [4.69, 9.17) is 5.11 Å². The van der Waals surface area contributed by atoms with E-state index in [1.165, 1.54) is 0 Å². The third-order valence-electron chi connectivity index (χ3n) is 3.44. The first kappa shape index (κ1) is 13.3. The summed E-state index contributed by atoms with van der Waals surface area (Å²) in [7, 11) is 0. The lowest BCUT2D eigenvalue weighted by molar-refractivity contribution is -0.139. The zero-order valence-corrected chi connectivity index (χ0v) is 10.6. The summed E-state index contributed by atoms with van der Waals surface area (Å²) >= 11 is 0. The molecule has 1 saturated carbocycles. The Morgan fingerprint density at radius 1 is 1.28 bits per heavy atom. The molecule has 1 aliphatic heterocycles. The first-order chi connectivity index (χ1) is 8.66. The van der Waals surface area contributed by atoms with Crippen molar-refractivity contribution in [2.24, 2.45) is 0 Å². The SMILES string of the molecule is O=C(O)CCN(C(=O)CN1CCNCC1)C1CC1. The van der Waals surface area contributed by atoms with Gasteiger partial charge in [0.05, 0.1) is 13.0 Å². The summed E-state index contributed by atoms with van der Waals surface area (Å²) in [6, 6.07) is 0.291. The predicted octanol–water partition coefficient (Wildman–Crippen LogP) is -0.643. The lowest BCUT2D eigenvalue weighted by Crippen LogP contribution is -2.49. The second-order valence-corrected chi connectivity index (χ2v) is 4.99. The van der Waals surface area contributed by atoms with Gasteiger partial charge in [-0.15, -0.1) is 0 Å². The van der Waals surface area contributed by atoms with Crippen LogP contribution in [0.5, 0.6) is 0 Å². The average molecular weight is 255 g/mol. The van der Waals surface area contributed by atoms with Crippen LogP contribution in [0.25, 0.3) is 0 Å². The fraction of sp³-hybridized carbons (Fsp3) is 0.833. The number of hydrogen-bond acceptors (Lipinski definition) is 4. The predicted molar refractivity (Wildman–Crippen MR) is 66.3 cm³/mol. The molecule has 2 N–H and O–H groups in total. The number of nitrogens with one attached hydrogen (secondary N) is 1. The number of amides is 1. The van der Waals surface area contributed by atoms with Crippen LogP contribution in [0.4, 0.5) is 0 Å². The summed E-state index contributed by atoms with van der Waals surface area (Å²) < 4.78 is 0. The minimum absolute atomic E-state index is 0.0454. The molecule has 0 spiro atoms. The Morgan fingerprint density at radius 3 is 2.50 bits per heavy atom. The number of carboxylic acid groups (broad SMARTS) is 1. The molecule has 0 aromatic heterocycles. The molecule has 1 aliphatic carbocycles. The van der Waals surface area contributed by atoms with Gasteiger partial charge in [-0.25, -0.2) is 0 Å². The smallest absolute Gasteiger partial charge is 0.305 e. The Morgan fingerprint density at radius 2 is 1.94 bits per heavy atom. The summed E-state index contributed by atoms with van der Waals surface area (Å²) in [6.45, 7) is 4.41. The van der Waals surface area contributed by atoms with Gasteiger partial charge in [0.25, 0.3) is 0 Å². The van der Waals surface area contributed by atoms with E-state index in [9.17, 15) is 9.59 Å². The Labute approximate surface area is 107 Å². The highest BCUT2D eigenvalue weighted by Crippen LogP contribution is 2.27. The van der Waals surface area contributed by atoms with E-state index in [0.717, 1.165) is 39.0 Å². The Kier molecular flexibility index (Phi) is 4.54. The van der Waals surface area contributed by atoms with Crippen LogP contribution in [-0.2, 0) is 9.59 Å². The molecular formula is C12H21N3O3. The van der Waals surface area contributed by atoms with Crippen molar-refractivity contribution in [3.63, 3.8) is 0 Å². The number of carboxylic acids is 1. The van der Waals surface area contributed by atoms with E-state index in [0.29, 0.717) is 19.1 Å². The number of rotatable bonds is 6. The Balaban J connectivity index is 1.81. The molecule has 0 bridgehead atoms. The van der Waals surface area contributed by atoms with E-state index in [-0.39, 0.29) is 12.3 Å². The molecule has 6 heteroatoms. The van der Waals surface area contributed by atoms with Crippen molar-refractivity contribution in [2.45, 2.75) is 25.3 Å². The molecule has 1 saturated heterocycles. The van der Waals surface area contributed by atoms with Gasteiger partial charge < -0.3 is 15.3 Å². The fourth-order valence-corrected chi connectivity index (χ4v) is 2.26. The maximum atomic E-state index is 12.2. The second kappa shape index (κ2) is 6.15. The molecule has 0 radical (unpaired) electrons. The van der Waals surface area contributed by atoms with Gasteiger partial charge in [-0.2, -0.15) is 0 Å². The molecule has 0 aromatic carbocycles. The van der Waals surface area contributed by atoms with Gasteiger partial charge in [-0.1, -0.05) is 0 Å². The van der Waals surface area contributed by atoms with Crippen LogP contribution in [0.1, 0.15) is 19.3 Å². The molecular weight excluding hydrogens is 234 g/mol. The minimum Gasteiger partial charge on any atom is -0.481 e. The van der Waals surface area contributed by atoms with E-state index in [1.807, 2.05) is 0 Å². The number of nitrogens with zero attached hydrogens (tertiary/aromatic N) is 2. The molecule has 102 valence electrons. The van der Waals surface area contributed by atoms with Gasteiger partial charge >= 0.3 is 5.97 Å². The van der Waals surface area contributed by atoms with E-state index < -0.39 is 5.97 Å². The first-order valence-corrected chi connectivity index (χ1v) is 6.61. The van der Waals surface area contributed by atoms with Gasteiger partial charge in [-0.3, -0.25) is 14.5 Å². The monoisotopic (exact) mass is 255 g/mol. The molecule has 0 atom stereocenters. The molecule has 2 rings (SSSR count). The summed E-state index contributed by atoms with van der Waals surface area (Å²) in [5.74, 6) is -0.753. The van der Waals surface area contributed by atoms with Crippen molar-refractivity contribution < 1.29 is 14.7 Å². The molecule has 1 heterocycles. The molecule has 18 heavy (non-hydrogen) atoms. The van der Waals surface area contributed by atoms with Crippen LogP contribution >= 0.6 is 0 Å². The topological polar surface area (TPSA) is 72.9 Å². The molecule has 6 nitrogen and oxygen atoms in total. The highest BCUT2D eigenvalue weighted by Gasteiger charge is 2.33. The van der Waals surface area contributed by atoms with Crippen LogP contribution in [-0.4, -0.2) is 72.1 Å². The van der Waals surface area contributed by atoms with Crippen molar-refractivity contribution in [3.8, 4) is 0 Å². The lowest BCUT2D eigenvalue weighted by atomic mass is 10.3. The van der Waals surface area contributed by atoms with Gasteiger partial charge in [0.2, 0.25) is 5.91 Å². The summed E-state index contributed by atoms with van der Waals surface area (Å²) in [5, 5.41) is 12.0. The molecule has 0 unspecified atom stereocenters. The standard InChI is InChI=1S/C12H21N3O3/c16-11(9-14-7-4-13-5-8-14)15(10-1-2-10)6-3-12(17)18/h10,13H,1-9H2,(H,17,18). The summed E-state index contributed by atoms with van der Waals surface area (Å²) in [5.41, 5.74) is 0. The largest absolute Gasteiger partial charge is 0.481 e. The van der Waals surface area contributed by atoms with Crippen molar-refractivity contribution in [1.29, 1.82) is 0 Å². The zero-order chi connectivity index (χ0) is 13.0. The number of aliphatic carboxylic acids is 1. The average Bonchev–Trinajstić information content (AvgIpc) is 3.14. The normalized spacial score (nSPS) is 20.7. The maximum absolute atomic E-state index is 12.2. The van der Waals surface area contributed by atoms with Crippen molar-refractivity contribution in [3.05, 3.63) is 0 Å². The number of carbonyl (C=O) groups is 2. The highest BCUT2D eigenvalue weighted by atomic mass is 16.4. The Bertz CT molecular complexity index is 312. The minimum atomic E-state index is -0.837. The number of hydrogen-bond donors (Lipinski definition) is 2. The molecule has 2 aliphatic rings. The van der Waals surface area contributed by atoms with Gasteiger partial charge in [-0.05, 0) is 12.8 Å². The van der Waals surface area contributed by atoms with E-state index in [2.05, 4.69) is 10.2 Å². The fourth-order valence-electron chi connectivity index (χ4n) is 2.26. The third kappa shape index (κ3) is 3.96. The summed E-state index contributed by atoms with van der Waals surface area (Å²) in [4.78, 5) is 26.7. The van der Waals surface area contributed by atoms with Crippen LogP contribution in [0.15, 0.2) is 0 Å². The van der Waals surface area contributed by atoms with Crippen LogP contribution in [0, 0.1) is 0 Å². The van der Waals surface area contributed by atoms with Gasteiger partial charge in [0.1, 0.15) is 0 Å². The number of piperazine rings is 1. The van der Waals surface area contributed by atoms with Crippen molar-refractivity contribution in [2.75, 3.05) is 39.3 Å². The van der Waals surface area contributed by atoms with Crippen LogP contribution in [0.2, 0.25) is 0 Å². The summed E-state index contributed by atoms with van der Waals surface area (Å²) in [6.07, 6.45) is 2.09. The molecule has 1 amide bonds. The lowest BCUT2D eigenvalue weighted by Gasteiger charge is -2.29. The van der Waals surface area contributed by atoms with Crippen LogP contribution < -0.4 is 5.32 Å². The highest BCUT2D eigenvalue weighted by molar-refractivity contribution is 5.79. The van der Waals surface area contributed by atoms with E-state index >= 15 is 0 Å². The maximum Gasteiger partial charge on any atom is 0.305 e. The van der Waals surface area contributed by atoms with Gasteiger partial charge in [0, 0.05) is 38.8 Å². The number of carbonyl (C=O) groups excluding carboxylic acids is 1. The Hall–Kier alpha value is -1.14. The van der Waals surface area contributed by atoms with E-state index in [1.54, 1.807) is 4.90 Å². The second-order valence-electron chi connectivity index (χ2n) is 4.99.